The predicted molar refractivity (Wildman–Crippen MR) is 80.9 cm³/mol. The molecule has 21 heavy (non-hydrogen) atoms. The summed E-state index contributed by atoms with van der Waals surface area (Å²) in [6, 6.07) is 4.73. The number of carbonyl (C=O) groups excluding carboxylic acids is 2. The van der Waals surface area contributed by atoms with E-state index in [1.165, 1.54) is 6.07 Å². The second kappa shape index (κ2) is 6.54. The van der Waals surface area contributed by atoms with Crippen molar-refractivity contribution in [1.29, 1.82) is 0 Å². The quantitative estimate of drug-likeness (QED) is 0.923. The Balaban J connectivity index is 1.92. The number of halogens is 2. The molecule has 0 aliphatic carbocycles. The predicted octanol–water partition coefficient (Wildman–Crippen LogP) is 2.95. The maximum absolute atomic E-state index is 12.0. The summed E-state index contributed by atoms with van der Waals surface area (Å²) in [4.78, 5) is 25.2. The maximum atomic E-state index is 12.0. The number of ether oxygens (including phenoxy) is 1. The Morgan fingerprint density at radius 3 is 2.76 bits per heavy atom. The number of cyclic esters (lactones) is 1. The number of benzene rings is 1. The summed E-state index contributed by atoms with van der Waals surface area (Å²) in [5.41, 5.74) is 0.339. The zero-order valence-electron chi connectivity index (χ0n) is 11.7. The minimum atomic E-state index is -0.353. The summed E-state index contributed by atoms with van der Waals surface area (Å²) in [7, 11) is 0. The molecule has 0 spiro atoms. The Hall–Kier alpha value is -1.46. The molecule has 1 aliphatic heterocycles. The molecule has 1 saturated heterocycles. The molecule has 1 aromatic carbocycles. The van der Waals surface area contributed by atoms with E-state index in [1.54, 1.807) is 17.0 Å². The molecule has 5 nitrogen and oxygen atoms in total. The molecule has 0 aromatic heterocycles. The third-order valence-electron chi connectivity index (χ3n) is 3.19. The lowest BCUT2D eigenvalue weighted by molar-refractivity contribution is 0.0914. The summed E-state index contributed by atoms with van der Waals surface area (Å²) in [5.74, 6) is -0.323. The normalized spacial score (nSPS) is 18.0. The van der Waals surface area contributed by atoms with Crippen molar-refractivity contribution in [1.82, 2.24) is 10.2 Å². The topological polar surface area (TPSA) is 58.6 Å². The highest BCUT2D eigenvalue weighted by Gasteiger charge is 2.32. The zero-order chi connectivity index (χ0) is 15.6. The summed E-state index contributed by atoms with van der Waals surface area (Å²) in [5, 5.41) is 3.46. The summed E-state index contributed by atoms with van der Waals surface area (Å²) in [6.45, 7) is 4.53. The minimum absolute atomic E-state index is 0.0731. The van der Waals surface area contributed by atoms with Gasteiger partial charge in [-0.25, -0.2) is 4.79 Å². The van der Waals surface area contributed by atoms with Crippen LogP contribution >= 0.6 is 23.2 Å². The van der Waals surface area contributed by atoms with Crippen LogP contribution in [0.5, 0.6) is 0 Å². The smallest absolute Gasteiger partial charge is 0.410 e. The first-order valence-electron chi connectivity index (χ1n) is 6.59. The third-order valence-corrected chi connectivity index (χ3v) is 3.74. The maximum Gasteiger partial charge on any atom is 0.410 e. The van der Waals surface area contributed by atoms with Gasteiger partial charge in [0, 0.05) is 11.1 Å². The van der Waals surface area contributed by atoms with E-state index in [4.69, 9.17) is 27.9 Å². The fraction of sp³-hybridized carbons (Fsp3) is 0.429. The molecule has 2 rings (SSSR count). The van der Waals surface area contributed by atoms with Crippen LogP contribution in [0.25, 0.3) is 0 Å². The monoisotopic (exact) mass is 330 g/mol. The van der Waals surface area contributed by atoms with Crippen molar-refractivity contribution in [2.45, 2.75) is 26.0 Å². The van der Waals surface area contributed by atoms with Gasteiger partial charge in [0.2, 0.25) is 0 Å². The standard InChI is InChI=1S/C14H16Cl2N2O3/c1-8(2)18-7-10(21-14(18)20)6-17-13(19)11-4-3-9(15)5-12(11)16/h3-5,8,10H,6-7H2,1-2H3,(H,17,19). The van der Waals surface area contributed by atoms with Crippen molar-refractivity contribution in [3.63, 3.8) is 0 Å². The average Bonchev–Trinajstić information content (AvgIpc) is 2.77. The van der Waals surface area contributed by atoms with Gasteiger partial charge in [-0.1, -0.05) is 23.2 Å². The molecule has 1 heterocycles. The second-order valence-corrected chi connectivity index (χ2v) is 5.93. The molecule has 0 saturated carbocycles. The van der Waals surface area contributed by atoms with Gasteiger partial charge < -0.3 is 15.0 Å². The van der Waals surface area contributed by atoms with Crippen LogP contribution < -0.4 is 5.32 Å². The van der Waals surface area contributed by atoms with Crippen molar-refractivity contribution in [2.75, 3.05) is 13.1 Å². The number of nitrogens with one attached hydrogen (secondary N) is 1. The number of carbonyl (C=O) groups is 2. The number of rotatable bonds is 4. The van der Waals surface area contributed by atoms with Gasteiger partial charge in [-0.2, -0.15) is 0 Å². The van der Waals surface area contributed by atoms with E-state index in [0.717, 1.165) is 0 Å². The Labute approximate surface area is 133 Å². The minimum Gasteiger partial charge on any atom is -0.442 e. The first-order valence-corrected chi connectivity index (χ1v) is 7.34. The Morgan fingerprint density at radius 1 is 1.48 bits per heavy atom. The summed E-state index contributed by atoms with van der Waals surface area (Å²) >= 11 is 11.8. The van der Waals surface area contributed by atoms with Crippen LogP contribution in [0.2, 0.25) is 10.0 Å². The van der Waals surface area contributed by atoms with Gasteiger partial charge in [0.25, 0.3) is 5.91 Å². The molecular formula is C14H16Cl2N2O3. The van der Waals surface area contributed by atoms with Gasteiger partial charge in [-0.3, -0.25) is 4.79 Å². The lowest BCUT2D eigenvalue weighted by Crippen LogP contribution is -2.36. The zero-order valence-corrected chi connectivity index (χ0v) is 13.2. The largest absolute Gasteiger partial charge is 0.442 e. The highest BCUT2D eigenvalue weighted by Crippen LogP contribution is 2.21. The highest BCUT2D eigenvalue weighted by molar-refractivity contribution is 6.36. The van der Waals surface area contributed by atoms with Crippen molar-refractivity contribution >= 4 is 35.2 Å². The van der Waals surface area contributed by atoms with Crippen LogP contribution in [0.15, 0.2) is 18.2 Å². The van der Waals surface area contributed by atoms with Crippen LogP contribution in [0.3, 0.4) is 0 Å². The molecule has 114 valence electrons. The molecule has 0 bridgehead atoms. The van der Waals surface area contributed by atoms with E-state index < -0.39 is 0 Å². The highest BCUT2D eigenvalue weighted by atomic mass is 35.5. The molecular weight excluding hydrogens is 315 g/mol. The van der Waals surface area contributed by atoms with Crippen LogP contribution in [-0.4, -0.2) is 42.1 Å². The lowest BCUT2D eigenvalue weighted by Gasteiger charge is -2.16. The molecule has 0 radical (unpaired) electrons. The van der Waals surface area contributed by atoms with Gasteiger partial charge in [-0.05, 0) is 32.0 Å². The van der Waals surface area contributed by atoms with Crippen molar-refractivity contribution in [2.24, 2.45) is 0 Å². The molecule has 1 fully saturated rings. The average molecular weight is 331 g/mol. The van der Waals surface area contributed by atoms with Gasteiger partial charge in [-0.15, -0.1) is 0 Å². The molecule has 1 unspecified atom stereocenters. The second-order valence-electron chi connectivity index (χ2n) is 5.09. The van der Waals surface area contributed by atoms with Crippen LogP contribution in [0, 0.1) is 0 Å². The number of hydrogen-bond donors (Lipinski definition) is 1. The van der Waals surface area contributed by atoms with Crippen LogP contribution in [-0.2, 0) is 4.74 Å². The number of hydrogen-bond acceptors (Lipinski definition) is 3. The number of nitrogens with zero attached hydrogens (tertiary/aromatic N) is 1. The molecule has 1 aliphatic rings. The molecule has 2 amide bonds. The summed E-state index contributed by atoms with van der Waals surface area (Å²) in [6.07, 6.45) is -0.705. The van der Waals surface area contributed by atoms with Crippen LogP contribution in [0.1, 0.15) is 24.2 Å². The Bertz CT molecular complexity index is 563. The van der Waals surface area contributed by atoms with E-state index in [9.17, 15) is 9.59 Å². The van der Waals surface area contributed by atoms with Crippen molar-refractivity contribution in [3.05, 3.63) is 33.8 Å². The Kier molecular flexibility index (Phi) is 4.96. The number of amides is 2. The SMILES string of the molecule is CC(C)N1CC(CNC(=O)c2ccc(Cl)cc2Cl)OC1=O. The van der Waals surface area contributed by atoms with E-state index >= 15 is 0 Å². The molecule has 1 atom stereocenters. The fourth-order valence-corrected chi connectivity index (χ4v) is 2.54. The first kappa shape index (κ1) is 15.9. The van der Waals surface area contributed by atoms with Crippen molar-refractivity contribution in [3.8, 4) is 0 Å². The molecule has 1 N–H and O–H groups in total. The third kappa shape index (κ3) is 3.80. The molecule has 1 aromatic rings. The van der Waals surface area contributed by atoms with E-state index in [0.29, 0.717) is 17.1 Å². The van der Waals surface area contributed by atoms with Gasteiger partial charge in [0.1, 0.15) is 6.10 Å². The van der Waals surface area contributed by atoms with Gasteiger partial charge in [0.05, 0.1) is 23.7 Å². The Morgan fingerprint density at radius 2 is 2.19 bits per heavy atom. The van der Waals surface area contributed by atoms with Crippen LogP contribution in [0.4, 0.5) is 4.79 Å². The van der Waals surface area contributed by atoms with E-state index in [2.05, 4.69) is 5.32 Å². The summed E-state index contributed by atoms with van der Waals surface area (Å²) < 4.78 is 5.19. The van der Waals surface area contributed by atoms with Gasteiger partial charge >= 0.3 is 6.09 Å². The molecule has 7 heteroatoms. The van der Waals surface area contributed by atoms with E-state index in [1.807, 2.05) is 13.8 Å². The van der Waals surface area contributed by atoms with E-state index in [-0.39, 0.29) is 35.7 Å². The lowest BCUT2D eigenvalue weighted by atomic mass is 10.2. The van der Waals surface area contributed by atoms with Crippen molar-refractivity contribution < 1.29 is 14.3 Å². The van der Waals surface area contributed by atoms with Gasteiger partial charge in [0.15, 0.2) is 0 Å². The first-order chi connectivity index (χ1) is 9.88. The fourth-order valence-electron chi connectivity index (χ4n) is 2.04.